The number of methoxy groups -OCH3 is 1. The molecule has 0 aromatic heterocycles. The van der Waals surface area contributed by atoms with E-state index in [0.29, 0.717) is 17.7 Å². The lowest BCUT2D eigenvalue weighted by Crippen LogP contribution is -2.43. The Bertz CT molecular complexity index is 456. The monoisotopic (exact) mass is 294 g/mol. The molecule has 1 aliphatic rings. The number of hydrogen-bond donors (Lipinski definition) is 1. The van der Waals surface area contributed by atoms with Crippen LogP contribution < -0.4 is 10.1 Å². The van der Waals surface area contributed by atoms with Crippen molar-refractivity contribution in [1.29, 1.82) is 0 Å². The molecule has 3 nitrogen and oxygen atoms in total. The molecule has 1 aromatic rings. The van der Waals surface area contributed by atoms with Crippen LogP contribution in [0.3, 0.4) is 0 Å². The number of nitrogens with one attached hydrogen (secondary N) is 1. The molecule has 0 aliphatic carbocycles. The summed E-state index contributed by atoms with van der Waals surface area (Å²) in [6.07, 6.45) is 2.25. The zero-order valence-electron chi connectivity index (χ0n) is 13.5. The third-order valence-electron chi connectivity index (χ3n) is 4.34. The molecular formula is C17H27FN2O. The van der Waals surface area contributed by atoms with E-state index in [2.05, 4.69) is 31.1 Å². The Morgan fingerprint density at radius 1 is 1.29 bits per heavy atom. The third kappa shape index (κ3) is 4.17. The first-order chi connectivity index (χ1) is 10.0. The molecule has 1 fully saturated rings. The van der Waals surface area contributed by atoms with Crippen LogP contribution in [-0.2, 0) is 0 Å². The topological polar surface area (TPSA) is 24.5 Å². The third-order valence-corrected chi connectivity index (χ3v) is 4.34. The molecule has 1 N–H and O–H groups in total. The van der Waals surface area contributed by atoms with Gasteiger partial charge >= 0.3 is 0 Å². The summed E-state index contributed by atoms with van der Waals surface area (Å²) in [5.74, 6) is 0.721. The highest BCUT2D eigenvalue weighted by Crippen LogP contribution is 2.28. The molecule has 1 unspecified atom stereocenters. The second-order valence-electron chi connectivity index (χ2n) is 6.35. The van der Waals surface area contributed by atoms with Crippen LogP contribution in [-0.4, -0.2) is 38.2 Å². The number of benzene rings is 1. The van der Waals surface area contributed by atoms with Crippen LogP contribution in [0.25, 0.3) is 0 Å². The van der Waals surface area contributed by atoms with E-state index < -0.39 is 0 Å². The van der Waals surface area contributed by atoms with Gasteiger partial charge in [0.1, 0.15) is 11.6 Å². The quantitative estimate of drug-likeness (QED) is 0.902. The predicted octanol–water partition coefficient (Wildman–Crippen LogP) is 3.22. The van der Waals surface area contributed by atoms with E-state index in [4.69, 9.17) is 4.74 Å². The molecule has 0 spiro atoms. The van der Waals surface area contributed by atoms with Crippen molar-refractivity contribution in [3.05, 3.63) is 29.6 Å². The Morgan fingerprint density at radius 2 is 1.95 bits per heavy atom. The Kier molecular flexibility index (Phi) is 5.59. The largest absolute Gasteiger partial charge is 0.497 e. The van der Waals surface area contributed by atoms with Gasteiger partial charge in [-0.3, -0.25) is 0 Å². The number of rotatable bonds is 5. The van der Waals surface area contributed by atoms with E-state index in [1.54, 1.807) is 7.11 Å². The Balaban J connectivity index is 2.11. The molecule has 1 aliphatic heterocycles. The van der Waals surface area contributed by atoms with E-state index in [9.17, 15) is 4.39 Å². The minimum atomic E-state index is -0.187. The van der Waals surface area contributed by atoms with Crippen LogP contribution in [0.4, 0.5) is 4.39 Å². The standard InChI is InChI=1S/C17H27FN2O/c1-12(2)17(19-13-7-9-20(3)10-8-13)15-6-5-14(21-4)11-16(15)18/h5-6,11-13,17,19H,7-10H2,1-4H3. The molecule has 0 saturated carbocycles. The number of nitrogens with zero attached hydrogens (tertiary/aromatic N) is 1. The van der Waals surface area contributed by atoms with Crippen LogP contribution in [0.5, 0.6) is 5.75 Å². The fourth-order valence-corrected chi connectivity index (χ4v) is 2.96. The molecule has 1 aromatic carbocycles. The fraction of sp³-hybridized carbons (Fsp3) is 0.647. The van der Waals surface area contributed by atoms with E-state index >= 15 is 0 Å². The molecule has 21 heavy (non-hydrogen) atoms. The fourth-order valence-electron chi connectivity index (χ4n) is 2.96. The van der Waals surface area contributed by atoms with Crippen LogP contribution >= 0.6 is 0 Å². The summed E-state index contributed by atoms with van der Waals surface area (Å²) in [7, 11) is 3.71. The van der Waals surface area contributed by atoms with Crippen LogP contribution in [0, 0.1) is 11.7 Å². The highest BCUT2D eigenvalue weighted by molar-refractivity contribution is 5.31. The summed E-state index contributed by atoms with van der Waals surface area (Å²) in [5, 5.41) is 3.66. The lowest BCUT2D eigenvalue weighted by atomic mass is 9.93. The van der Waals surface area contributed by atoms with Gasteiger partial charge in [-0.05, 0) is 45.0 Å². The van der Waals surface area contributed by atoms with Gasteiger partial charge in [-0.15, -0.1) is 0 Å². The molecular weight excluding hydrogens is 267 g/mol. The van der Waals surface area contributed by atoms with Gasteiger partial charge in [-0.2, -0.15) is 0 Å². The Labute approximate surface area is 127 Å². The lowest BCUT2D eigenvalue weighted by Gasteiger charge is -2.34. The normalized spacial score (nSPS) is 19.0. The minimum Gasteiger partial charge on any atom is -0.497 e. The van der Waals surface area contributed by atoms with Crippen LogP contribution in [0.15, 0.2) is 18.2 Å². The summed E-state index contributed by atoms with van der Waals surface area (Å²) in [6, 6.07) is 5.67. The highest BCUT2D eigenvalue weighted by Gasteiger charge is 2.25. The molecule has 0 amide bonds. The first-order valence-corrected chi connectivity index (χ1v) is 7.79. The van der Waals surface area contributed by atoms with Gasteiger partial charge in [0.25, 0.3) is 0 Å². The van der Waals surface area contributed by atoms with E-state index in [0.717, 1.165) is 31.5 Å². The van der Waals surface area contributed by atoms with Gasteiger partial charge in [0, 0.05) is 23.7 Å². The summed E-state index contributed by atoms with van der Waals surface area (Å²) in [6.45, 7) is 6.48. The Morgan fingerprint density at radius 3 is 2.48 bits per heavy atom. The lowest BCUT2D eigenvalue weighted by molar-refractivity contribution is 0.213. The number of likely N-dealkylation sites (tertiary alicyclic amines) is 1. The molecule has 1 saturated heterocycles. The van der Waals surface area contributed by atoms with Gasteiger partial charge in [0.05, 0.1) is 7.11 Å². The van der Waals surface area contributed by atoms with Crippen molar-refractivity contribution in [1.82, 2.24) is 10.2 Å². The maximum Gasteiger partial charge on any atom is 0.131 e. The summed E-state index contributed by atoms with van der Waals surface area (Å²) >= 11 is 0. The van der Waals surface area contributed by atoms with Crippen molar-refractivity contribution in [2.75, 3.05) is 27.2 Å². The summed E-state index contributed by atoms with van der Waals surface area (Å²) in [4.78, 5) is 2.34. The second-order valence-corrected chi connectivity index (χ2v) is 6.35. The highest BCUT2D eigenvalue weighted by atomic mass is 19.1. The van der Waals surface area contributed by atoms with E-state index in [1.165, 1.54) is 6.07 Å². The van der Waals surface area contributed by atoms with E-state index in [1.807, 2.05) is 12.1 Å². The van der Waals surface area contributed by atoms with Crippen molar-refractivity contribution >= 4 is 0 Å². The molecule has 0 radical (unpaired) electrons. The van der Waals surface area contributed by atoms with Crippen molar-refractivity contribution in [3.63, 3.8) is 0 Å². The first-order valence-electron chi connectivity index (χ1n) is 7.79. The molecule has 1 atom stereocenters. The van der Waals surface area contributed by atoms with Gasteiger partial charge in [-0.1, -0.05) is 19.9 Å². The average Bonchev–Trinajstić information content (AvgIpc) is 2.46. The number of halogens is 1. The van der Waals surface area contributed by atoms with Gasteiger partial charge in [0.15, 0.2) is 0 Å². The van der Waals surface area contributed by atoms with Gasteiger partial charge < -0.3 is 15.0 Å². The molecule has 4 heteroatoms. The zero-order chi connectivity index (χ0) is 15.4. The Hall–Kier alpha value is -1.13. The number of ether oxygens (including phenoxy) is 1. The van der Waals surface area contributed by atoms with E-state index in [-0.39, 0.29) is 11.9 Å². The predicted molar refractivity (Wildman–Crippen MR) is 84.2 cm³/mol. The molecule has 1 heterocycles. The summed E-state index contributed by atoms with van der Waals surface area (Å²) < 4.78 is 19.4. The van der Waals surface area contributed by atoms with Gasteiger partial charge in [-0.25, -0.2) is 4.39 Å². The van der Waals surface area contributed by atoms with Crippen molar-refractivity contribution < 1.29 is 9.13 Å². The first kappa shape index (κ1) is 16.2. The molecule has 118 valence electrons. The average molecular weight is 294 g/mol. The molecule has 2 rings (SSSR count). The van der Waals surface area contributed by atoms with Crippen molar-refractivity contribution in [2.45, 2.75) is 38.8 Å². The maximum absolute atomic E-state index is 14.3. The SMILES string of the molecule is COc1ccc(C(NC2CCN(C)CC2)C(C)C)c(F)c1. The number of piperidine rings is 1. The minimum absolute atomic E-state index is 0.0457. The second kappa shape index (κ2) is 7.23. The molecule has 0 bridgehead atoms. The van der Waals surface area contributed by atoms with Crippen molar-refractivity contribution in [3.8, 4) is 5.75 Å². The zero-order valence-corrected chi connectivity index (χ0v) is 13.5. The smallest absolute Gasteiger partial charge is 0.131 e. The maximum atomic E-state index is 14.3. The van der Waals surface area contributed by atoms with Crippen LogP contribution in [0.2, 0.25) is 0 Å². The summed E-state index contributed by atoms with van der Waals surface area (Å²) in [5.41, 5.74) is 0.740. The van der Waals surface area contributed by atoms with Gasteiger partial charge in [0.2, 0.25) is 0 Å². The number of hydrogen-bond acceptors (Lipinski definition) is 3. The van der Waals surface area contributed by atoms with Crippen LogP contribution in [0.1, 0.15) is 38.3 Å². The van der Waals surface area contributed by atoms with Crippen molar-refractivity contribution in [2.24, 2.45) is 5.92 Å².